The van der Waals surface area contributed by atoms with Crippen molar-refractivity contribution in [2.75, 3.05) is 0 Å². The topological polar surface area (TPSA) is 125 Å². The van der Waals surface area contributed by atoms with Gasteiger partial charge in [0.15, 0.2) is 10.9 Å². The third-order valence-corrected chi connectivity index (χ3v) is 6.07. The average molecular weight is 464 g/mol. The van der Waals surface area contributed by atoms with Crippen LogP contribution in [0.5, 0.6) is 11.5 Å². The third kappa shape index (κ3) is 4.02. The molecule has 8 nitrogen and oxygen atoms in total. The normalized spacial score (nSPS) is 16.6. The zero-order valence-corrected chi connectivity index (χ0v) is 17.1. The molecular weight excluding hydrogens is 450 g/mol. The Kier molecular flexibility index (Phi) is 5.43. The van der Waals surface area contributed by atoms with Gasteiger partial charge >= 0.3 is 5.69 Å². The Morgan fingerprint density at radius 1 is 1.18 bits per heavy atom. The van der Waals surface area contributed by atoms with E-state index in [1.807, 2.05) is 26.0 Å². The molecule has 0 bridgehead atoms. The molecule has 3 rings (SSSR count). The number of nitrogens with one attached hydrogen (secondary N) is 1. The highest BCUT2D eigenvalue weighted by molar-refractivity contribution is 9.10. The Labute approximate surface area is 172 Å². The molecule has 0 unspecified atom stereocenters. The van der Waals surface area contributed by atoms with E-state index < -0.39 is 22.3 Å². The minimum atomic E-state index is -0.774. The summed E-state index contributed by atoms with van der Waals surface area (Å²) < 4.78 is 0.990. The van der Waals surface area contributed by atoms with Gasteiger partial charge in [0.05, 0.1) is 15.5 Å². The van der Waals surface area contributed by atoms with Crippen LogP contribution in [0.1, 0.15) is 16.7 Å². The molecule has 1 heterocycles. The molecule has 1 saturated heterocycles. The van der Waals surface area contributed by atoms with E-state index in [4.69, 9.17) is 0 Å². The number of amides is 1. The minimum Gasteiger partial charge on any atom is -0.507 e. The van der Waals surface area contributed by atoms with E-state index in [0.717, 1.165) is 39.5 Å². The van der Waals surface area contributed by atoms with Crippen LogP contribution in [0.2, 0.25) is 0 Å². The maximum absolute atomic E-state index is 12.2. The van der Waals surface area contributed by atoms with Crippen LogP contribution in [0.3, 0.4) is 0 Å². The molecule has 0 atom stereocenters. The van der Waals surface area contributed by atoms with Crippen LogP contribution in [-0.4, -0.2) is 26.2 Å². The van der Waals surface area contributed by atoms with Gasteiger partial charge in [-0.05, 0) is 54.9 Å². The lowest BCUT2D eigenvalue weighted by atomic mass is 10.1. The summed E-state index contributed by atoms with van der Waals surface area (Å²) in [6.07, 6.45) is 1.31. The quantitative estimate of drug-likeness (QED) is 0.354. The standard InChI is InChI=1S/C18H14BrN3O5S/c1-8-3-11(4-9(2)16(8)19)20-18-21-17(25)15(28-18)6-10-5-12(22(26)27)14(24)7-13(10)23/h3-7,23-24H,1-2H3,(H,20,21,25)/b15-6-. The lowest BCUT2D eigenvalue weighted by Crippen LogP contribution is -2.19. The number of halogens is 1. The Bertz CT molecular complexity index is 1060. The largest absolute Gasteiger partial charge is 0.507 e. The summed E-state index contributed by atoms with van der Waals surface area (Å²) in [5.74, 6) is -1.48. The fraction of sp³-hybridized carbons (Fsp3) is 0.111. The van der Waals surface area contributed by atoms with Crippen LogP contribution in [0, 0.1) is 24.0 Å². The van der Waals surface area contributed by atoms with Crippen molar-refractivity contribution < 1.29 is 19.9 Å². The molecule has 144 valence electrons. The van der Waals surface area contributed by atoms with Crippen molar-refractivity contribution >= 4 is 56.2 Å². The van der Waals surface area contributed by atoms with Crippen LogP contribution in [0.25, 0.3) is 6.08 Å². The number of amidine groups is 1. The van der Waals surface area contributed by atoms with E-state index in [1.165, 1.54) is 6.08 Å². The smallest absolute Gasteiger partial charge is 0.311 e. The van der Waals surface area contributed by atoms with Crippen molar-refractivity contribution in [1.82, 2.24) is 5.32 Å². The number of carbonyl (C=O) groups is 1. The highest BCUT2D eigenvalue weighted by Crippen LogP contribution is 2.36. The van der Waals surface area contributed by atoms with Crippen molar-refractivity contribution in [3.8, 4) is 11.5 Å². The van der Waals surface area contributed by atoms with Crippen LogP contribution < -0.4 is 5.32 Å². The molecule has 2 aromatic rings. The summed E-state index contributed by atoms with van der Waals surface area (Å²) in [4.78, 5) is 27.0. The Balaban J connectivity index is 1.93. The minimum absolute atomic E-state index is 0.0405. The number of thioether (sulfide) groups is 1. The number of phenols is 2. The molecule has 2 aromatic carbocycles. The number of benzene rings is 2. The van der Waals surface area contributed by atoms with Gasteiger partial charge < -0.3 is 15.5 Å². The number of nitro groups is 1. The van der Waals surface area contributed by atoms with Gasteiger partial charge in [-0.3, -0.25) is 14.9 Å². The number of hydrogen-bond donors (Lipinski definition) is 3. The van der Waals surface area contributed by atoms with E-state index in [0.29, 0.717) is 10.9 Å². The predicted octanol–water partition coefficient (Wildman–Crippen LogP) is 4.28. The number of hydrogen-bond acceptors (Lipinski definition) is 7. The number of rotatable bonds is 3. The van der Waals surface area contributed by atoms with Crippen LogP contribution in [0.15, 0.2) is 38.6 Å². The number of aryl methyl sites for hydroxylation is 2. The van der Waals surface area contributed by atoms with Gasteiger partial charge in [-0.15, -0.1) is 0 Å². The van der Waals surface area contributed by atoms with Crippen molar-refractivity contribution in [3.05, 3.63) is 60.4 Å². The zero-order valence-electron chi connectivity index (χ0n) is 14.7. The van der Waals surface area contributed by atoms with Crippen LogP contribution in [-0.2, 0) is 4.79 Å². The average Bonchev–Trinajstić information content (AvgIpc) is 2.93. The maximum atomic E-state index is 12.2. The number of phenolic OH excluding ortho intramolecular Hbond substituents is 2. The number of nitrogens with zero attached hydrogens (tertiary/aromatic N) is 2. The maximum Gasteiger partial charge on any atom is 0.311 e. The number of nitro benzene ring substituents is 1. The summed E-state index contributed by atoms with van der Waals surface area (Å²) in [5.41, 5.74) is 2.16. The van der Waals surface area contributed by atoms with Crippen molar-refractivity contribution in [3.63, 3.8) is 0 Å². The molecule has 1 fully saturated rings. The van der Waals surface area contributed by atoms with Gasteiger partial charge in [0.25, 0.3) is 5.91 Å². The number of carbonyl (C=O) groups excluding carboxylic acids is 1. The lowest BCUT2D eigenvalue weighted by molar-refractivity contribution is -0.385. The number of aromatic hydroxyl groups is 2. The summed E-state index contributed by atoms with van der Waals surface area (Å²) in [5, 5.41) is 33.4. The van der Waals surface area contributed by atoms with E-state index in [9.17, 15) is 25.1 Å². The fourth-order valence-corrected chi connectivity index (χ4v) is 3.63. The van der Waals surface area contributed by atoms with E-state index in [-0.39, 0.29) is 16.2 Å². The first-order chi connectivity index (χ1) is 13.2. The Morgan fingerprint density at radius 2 is 1.82 bits per heavy atom. The molecule has 0 aromatic heterocycles. The molecule has 0 radical (unpaired) electrons. The molecular formula is C18H14BrN3O5S. The molecule has 0 spiro atoms. The Hall–Kier alpha value is -2.85. The highest BCUT2D eigenvalue weighted by Gasteiger charge is 2.25. The second kappa shape index (κ2) is 7.64. The SMILES string of the molecule is Cc1cc(N=C2NC(=O)/C(=C/c3cc([N+](=O)[O-])c(O)cc3O)S2)cc(C)c1Br. The molecule has 3 N–H and O–H groups in total. The van der Waals surface area contributed by atoms with E-state index in [2.05, 4.69) is 26.2 Å². The first-order valence-electron chi connectivity index (χ1n) is 7.92. The van der Waals surface area contributed by atoms with Crippen LogP contribution >= 0.6 is 27.7 Å². The summed E-state index contributed by atoms with van der Waals surface area (Å²) in [6.45, 7) is 3.87. The van der Waals surface area contributed by atoms with Crippen LogP contribution in [0.4, 0.5) is 11.4 Å². The number of aliphatic imine (C=N–C) groups is 1. The van der Waals surface area contributed by atoms with Gasteiger partial charge in [-0.1, -0.05) is 15.9 Å². The molecule has 10 heteroatoms. The predicted molar refractivity (Wildman–Crippen MR) is 111 cm³/mol. The Morgan fingerprint density at radius 3 is 2.43 bits per heavy atom. The van der Waals surface area contributed by atoms with E-state index >= 15 is 0 Å². The second-order valence-electron chi connectivity index (χ2n) is 6.03. The van der Waals surface area contributed by atoms with E-state index in [1.54, 1.807) is 0 Å². The summed E-state index contributed by atoms with van der Waals surface area (Å²) in [7, 11) is 0. The van der Waals surface area contributed by atoms with Gasteiger partial charge in [0.1, 0.15) is 5.75 Å². The molecule has 1 amide bonds. The van der Waals surface area contributed by atoms with Crippen molar-refractivity contribution in [1.29, 1.82) is 0 Å². The fourth-order valence-electron chi connectivity index (χ4n) is 2.57. The third-order valence-electron chi connectivity index (χ3n) is 3.91. The molecule has 0 aliphatic carbocycles. The monoisotopic (exact) mass is 463 g/mol. The zero-order chi connectivity index (χ0) is 20.6. The molecule has 1 aliphatic rings. The first-order valence-corrected chi connectivity index (χ1v) is 9.53. The summed E-state index contributed by atoms with van der Waals surface area (Å²) >= 11 is 4.53. The lowest BCUT2D eigenvalue weighted by Gasteiger charge is -2.05. The first kappa shape index (κ1) is 19.9. The summed E-state index contributed by atoms with van der Waals surface area (Å²) in [6, 6.07) is 5.61. The van der Waals surface area contributed by atoms with Gasteiger partial charge in [-0.2, -0.15) is 0 Å². The molecule has 0 saturated carbocycles. The van der Waals surface area contributed by atoms with Gasteiger partial charge in [0, 0.05) is 22.2 Å². The van der Waals surface area contributed by atoms with Gasteiger partial charge in [-0.25, -0.2) is 4.99 Å². The molecule has 28 heavy (non-hydrogen) atoms. The second-order valence-corrected chi connectivity index (χ2v) is 7.86. The molecule has 1 aliphatic heterocycles. The van der Waals surface area contributed by atoms with Crippen molar-refractivity contribution in [2.24, 2.45) is 4.99 Å². The van der Waals surface area contributed by atoms with Crippen molar-refractivity contribution in [2.45, 2.75) is 13.8 Å². The highest BCUT2D eigenvalue weighted by atomic mass is 79.9. The van der Waals surface area contributed by atoms with Gasteiger partial charge in [0.2, 0.25) is 0 Å².